The van der Waals surface area contributed by atoms with Crippen LogP contribution in [0.15, 0.2) is 30.7 Å². The van der Waals surface area contributed by atoms with Crippen LogP contribution in [0.25, 0.3) is 5.69 Å². The molecular weight excluding hydrogens is 292 g/mol. The normalized spacial score (nSPS) is 15.8. The van der Waals surface area contributed by atoms with Crippen LogP contribution in [-0.2, 0) is 6.54 Å². The highest BCUT2D eigenvalue weighted by molar-refractivity contribution is 5.74. The largest absolute Gasteiger partial charge is 0.335 e. The molecule has 1 aliphatic rings. The van der Waals surface area contributed by atoms with Crippen molar-refractivity contribution in [2.75, 3.05) is 0 Å². The minimum atomic E-state index is -0.129. The molecule has 0 spiro atoms. The van der Waals surface area contributed by atoms with Crippen molar-refractivity contribution in [1.29, 1.82) is 0 Å². The second-order valence-corrected chi connectivity index (χ2v) is 5.88. The first kappa shape index (κ1) is 15.5. The van der Waals surface area contributed by atoms with Crippen LogP contribution in [0.4, 0.5) is 4.79 Å². The summed E-state index contributed by atoms with van der Waals surface area (Å²) in [4.78, 5) is 16.0. The third-order valence-corrected chi connectivity index (χ3v) is 4.09. The van der Waals surface area contributed by atoms with E-state index in [0.29, 0.717) is 12.6 Å². The Kier molecular flexibility index (Phi) is 5.18. The van der Waals surface area contributed by atoms with Crippen LogP contribution in [-0.4, -0.2) is 32.1 Å². The fraction of sp³-hybridized carbons (Fsp3) is 0.500. The molecule has 0 bridgehead atoms. The van der Waals surface area contributed by atoms with Gasteiger partial charge in [-0.3, -0.25) is 4.98 Å². The van der Waals surface area contributed by atoms with Gasteiger partial charge in [0.05, 0.1) is 18.4 Å². The lowest BCUT2D eigenvalue weighted by Gasteiger charge is -2.16. The highest BCUT2D eigenvalue weighted by Gasteiger charge is 2.14. The summed E-state index contributed by atoms with van der Waals surface area (Å²) < 4.78 is 1.67. The molecule has 2 N–H and O–H groups in total. The fourth-order valence-electron chi connectivity index (χ4n) is 2.83. The predicted octanol–water partition coefficient (Wildman–Crippen LogP) is 2.18. The molecule has 0 atom stereocenters. The van der Waals surface area contributed by atoms with E-state index in [9.17, 15) is 4.79 Å². The van der Waals surface area contributed by atoms with E-state index in [1.807, 2.05) is 12.1 Å². The first-order chi connectivity index (χ1) is 11.3. The zero-order valence-electron chi connectivity index (χ0n) is 13.1. The van der Waals surface area contributed by atoms with E-state index < -0.39 is 0 Å². The van der Waals surface area contributed by atoms with E-state index >= 15 is 0 Å². The molecule has 23 heavy (non-hydrogen) atoms. The topological polar surface area (TPSA) is 84.7 Å². The van der Waals surface area contributed by atoms with Gasteiger partial charge in [-0.2, -0.15) is 0 Å². The quantitative estimate of drug-likeness (QED) is 0.847. The molecule has 7 heteroatoms. The molecule has 2 aromatic rings. The third-order valence-electron chi connectivity index (χ3n) is 4.09. The lowest BCUT2D eigenvalue weighted by Crippen LogP contribution is -2.41. The van der Waals surface area contributed by atoms with Crippen molar-refractivity contribution in [3.63, 3.8) is 0 Å². The van der Waals surface area contributed by atoms with Gasteiger partial charge in [0.15, 0.2) is 0 Å². The lowest BCUT2D eigenvalue weighted by molar-refractivity contribution is 0.235. The Bertz CT molecular complexity index is 619. The van der Waals surface area contributed by atoms with Gasteiger partial charge in [0.25, 0.3) is 0 Å². The summed E-state index contributed by atoms with van der Waals surface area (Å²) >= 11 is 0. The summed E-state index contributed by atoms with van der Waals surface area (Å²) in [5, 5.41) is 14.0. The van der Waals surface area contributed by atoms with Crippen molar-refractivity contribution < 1.29 is 4.79 Å². The number of nitrogens with one attached hydrogen (secondary N) is 2. The lowest BCUT2D eigenvalue weighted by atomic mass is 10.1. The zero-order valence-corrected chi connectivity index (χ0v) is 13.1. The average Bonchev–Trinajstić information content (AvgIpc) is 2.91. The van der Waals surface area contributed by atoms with Crippen LogP contribution in [0.1, 0.15) is 44.2 Å². The summed E-state index contributed by atoms with van der Waals surface area (Å²) in [6.07, 6.45) is 12.3. The Morgan fingerprint density at radius 2 is 1.91 bits per heavy atom. The number of urea groups is 1. The highest BCUT2D eigenvalue weighted by Crippen LogP contribution is 2.17. The van der Waals surface area contributed by atoms with Crippen molar-refractivity contribution in [3.05, 3.63) is 36.4 Å². The van der Waals surface area contributed by atoms with Gasteiger partial charge >= 0.3 is 6.03 Å². The number of hydrogen-bond donors (Lipinski definition) is 2. The minimum Gasteiger partial charge on any atom is -0.335 e. The maximum Gasteiger partial charge on any atom is 0.315 e. The zero-order chi connectivity index (χ0) is 15.9. The summed E-state index contributed by atoms with van der Waals surface area (Å²) in [6.45, 7) is 0.365. The Hall–Kier alpha value is -2.44. The molecule has 2 amide bonds. The average molecular weight is 314 g/mol. The van der Waals surface area contributed by atoms with Crippen molar-refractivity contribution in [1.82, 2.24) is 30.6 Å². The molecule has 2 heterocycles. The summed E-state index contributed by atoms with van der Waals surface area (Å²) in [5.74, 6) is 0. The SMILES string of the molecule is O=C(NCc1cn(-c2ccncc2)nn1)NC1CCCCCC1. The second kappa shape index (κ2) is 7.71. The molecule has 0 unspecified atom stereocenters. The van der Waals surface area contributed by atoms with Crippen molar-refractivity contribution in [2.45, 2.75) is 51.1 Å². The van der Waals surface area contributed by atoms with Crippen LogP contribution >= 0.6 is 0 Å². The van der Waals surface area contributed by atoms with Gasteiger partial charge in [-0.1, -0.05) is 30.9 Å². The van der Waals surface area contributed by atoms with Gasteiger partial charge in [0.2, 0.25) is 0 Å². The Morgan fingerprint density at radius 1 is 1.17 bits per heavy atom. The molecule has 3 rings (SSSR count). The molecular formula is C16H22N6O. The molecule has 1 saturated carbocycles. The fourth-order valence-corrected chi connectivity index (χ4v) is 2.83. The molecule has 122 valence electrons. The summed E-state index contributed by atoms with van der Waals surface area (Å²) in [6, 6.07) is 3.87. The van der Waals surface area contributed by atoms with Gasteiger partial charge in [-0.15, -0.1) is 5.10 Å². The minimum absolute atomic E-state index is 0.129. The van der Waals surface area contributed by atoms with Crippen LogP contribution in [0, 0.1) is 0 Å². The smallest absolute Gasteiger partial charge is 0.315 e. The third kappa shape index (κ3) is 4.51. The van der Waals surface area contributed by atoms with E-state index in [1.54, 1.807) is 23.3 Å². The summed E-state index contributed by atoms with van der Waals surface area (Å²) in [7, 11) is 0. The van der Waals surface area contributed by atoms with E-state index in [4.69, 9.17) is 0 Å². The van der Waals surface area contributed by atoms with Crippen molar-refractivity contribution >= 4 is 6.03 Å². The Balaban J connectivity index is 1.48. The van der Waals surface area contributed by atoms with Crippen LogP contribution in [0.5, 0.6) is 0 Å². The first-order valence-corrected chi connectivity index (χ1v) is 8.17. The Labute approximate surface area is 135 Å². The number of carbonyl (C=O) groups is 1. The van der Waals surface area contributed by atoms with Gasteiger partial charge in [0.1, 0.15) is 5.69 Å². The molecule has 2 aromatic heterocycles. The van der Waals surface area contributed by atoms with Crippen LogP contribution in [0.2, 0.25) is 0 Å². The molecule has 0 aromatic carbocycles. The number of aromatic nitrogens is 4. The second-order valence-electron chi connectivity index (χ2n) is 5.88. The maximum atomic E-state index is 12.0. The van der Waals surface area contributed by atoms with E-state index in [1.165, 1.54) is 25.7 Å². The van der Waals surface area contributed by atoms with Crippen molar-refractivity contribution in [3.8, 4) is 5.69 Å². The van der Waals surface area contributed by atoms with Crippen LogP contribution < -0.4 is 10.6 Å². The summed E-state index contributed by atoms with van der Waals surface area (Å²) in [5.41, 5.74) is 1.61. The number of carbonyl (C=O) groups excluding carboxylic acids is 1. The van der Waals surface area contributed by atoms with E-state index in [0.717, 1.165) is 24.2 Å². The molecule has 0 aliphatic heterocycles. The van der Waals surface area contributed by atoms with E-state index in [2.05, 4.69) is 25.9 Å². The monoisotopic (exact) mass is 314 g/mol. The molecule has 0 radical (unpaired) electrons. The maximum absolute atomic E-state index is 12.0. The molecule has 1 aliphatic carbocycles. The van der Waals surface area contributed by atoms with E-state index in [-0.39, 0.29) is 6.03 Å². The van der Waals surface area contributed by atoms with Gasteiger partial charge < -0.3 is 10.6 Å². The number of pyridine rings is 1. The highest BCUT2D eigenvalue weighted by atomic mass is 16.2. The van der Waals surface area contributed by atoms with Crippen LogP contribution in [0.3, 0.4) is 0 Å². The number of amides is 2. The predicted molar refractivity (Wildman–Crippen MR) is 86.0 cm³/mol. The molecule has 1 fully saturated rings. The first-order valence-electron chi connectivity index (χ1n) is 8.17. The Morgan fingerprint density at radius 3 is 2.65 bits per heavy atom. The standard InChI is InChI=1S/C16H22N6O/c23-16(19-13-5-3-1-2-4-6-13)18-11-14-12-22(21-20-14)15-7-9-17-10-8-15/h7-10,12-13H,1-6,11H2,(H2,18,19,23). The van der Waals surface area contributed by atoms with Gasteiger partial charge in [-0.05, 0) is 25.0 Å². The number of nitrogens with zero attached hydrogens (tertiary/aromatic N) is 4. The number of hydrogen-bond acceptors (Lipinski definition) is 4. The van der Waals surface area contributed by atoms with Crippen molar-refractivity contribution in [2.24, 2.45) is 0 Å². The molecule has 7 nitrogen and oxygen atoms in total. The van der Waals surface area contributed by atoms with Gasteiger partial charge in [-0.25, -0.2) is 9.48 Å². The number of rotatable bonds is 4. The van der Waals surface area contributed by atoms with Gasteiger partial charge in [0, 0.05) is 18.4 Å². The molecule has 0 saturated heterocycles.